The first-order valence-corrected chi connectivity index (χ1v) is 19.1. The second kappa shape index (κ2) is 13.0. The van der Waals surface area contributed by atoms with E-state index < -0.39 is 11.4 Å². The molecule has 2 unspecified atom stereocenters. The molecule has 0 fully saturated rings. The third kappa shape index (κ3) is 4.81. The largest absolute Gasteiger partial charge is 0.332 e. The van der Waals surface area contributed by atoms with Crippen molar-refractivity contribution < 1.29 is 0 Å². The Morgan fingerprint density at radius 3 is 1.29 bits per heavy atom. The van der Waals surface area contributed by atoms with Crippen LogP contribution in [-0.4, -0.2) is 47.8 Å². The minimum atomic E-state index is -0.419. The number of aryl methyl sites for hydroxylation is 6. The predicted molar refractivity (Wildman–Crippen MR) is 201 cm³/mol. The number of unbranched alkanes of at least 4 members (excludes halogenated alkanes) is 2. The van der Waals surface area contributed by atoms with Crippen LogP contribution in [-0.2, 0) is 54.1 Å². The maximum Gasteiger partial charge on any atom is 0.332 e. The first kappa shape index (κ1) is 34.2. The predicted octanol–water partition coefficient (Wildman–Crippen LogP) is 4.20. The highest BCUT2D eigenvalue weighted by Crippen LogP contribution is 2.50. The summed E-state index contributed by atoms with van der Waals surface area (Å²) in [6.45, 7) is 5.88. The Bertz CT molecular complexity index is 2490. The van der Waals surface area contributed by atoms with Crippen LogP contribution in [0, 0.1) is 0 Å². The van der Waals surface area contributed by atoms with Gasteiger partial charge in [0.15, 0.2) is 22.6 Å². The van der Waals surface area contributed by atoms with Gasteiger partial charge in [-0.1, -0.05) is 39.5 Å². The van der Waals surface area contributed by atoms with Gasteiger partial charge < -0.3 is 9.13 Å². The van der Waals surface area contributed by atoms with E-state index in [1.54, 1.807) is 14.1 Å². The molecule has 2 aliphatic carbocycles. The summed E-state index contributed by atoms with van der Waals surface area (Å²) in [4.78, 5) is 53.9. The number of hydrogen-bond acceptors (Lipinski definition) is 8. The van der Waals surface area contributed by atoms with Gasteiger partial charge in [-0.25, -0.2) is 9.59 Å². The van der Waals surface area contributed by atoms with Crippen molar-refractivity contribution in [3.63, 3.8) is 0 Å². The number of hydrogen-bond donors (Lipinski definition) is 0. The molecule has 8 rings (SSSR count). The zero-order valence-electron chi connectivity index (χ0n) is 31.2. The average Bonchev–Trinajstić information content (AvgIpc) is 3.39. The van der Waals surface area contributed by atoms with Crippen molar-refractivity contribution in [1.82, 2.24) is 47.8 Å². The summed E-state index contributed by atoms with van der Waals surface area (Å²) in [5, 5.41) is 21.2. The molecule has 14 heteroatoms. The highest BCUT2D eigenvalue weighted by atomic mass is 16.2. The van der Waals surface area contributed by atoms with E-state index in [0.717, 1.165) is 123 Å². The highest BCUT2D eigenvalue weighted by molar-refractivity contribution is 6.05. The van der Waals surface area contributed by atoms with Crippen LogP contribution in [0.4, 0.5) is 0 Å². The molecule has 2 atom stereocenters. The fourth-order valence-corrected chi connectivity index (χ4v) is 9.44. The maximum atomic E-state index is 14.0. The van der Waals surface area contributed by atoms with Crippen LogP contribution in [0.5, 0.6) is 0 Å². The summed E-state index contributed by atoms with van der Waals surface area (Å²) in [7, 11) is 6.37. The van der Waals surface area contributed by atoms with Gasteiger partial charge in [0.25, 0.3) is 11.1 Å². The molecule has 0 aliphatic heterocycles. The summed E-state index contributed by atoms with van der Waals surface area (Å²) in [6.07, 6.45) is 11.5. The molecule has 2 aliphatic rings. The first-order chi connectivity index (χ1) is 25.1. The van der Waals surface area contributed by atoms with Crippen molar-refractivity contribution in [1.29, 1.82) is 0 Å². The van der Waals surface area contributed by atoms with Crippen LogP contribution < -0.4 is 22.5 Å². The third-order valence-corrected chi connectivity index (χ3v) is 12.1. The molecule has 0 bridgehead atoms. The lowest BCUT2D eigenvalue weighted by Crippen LogP contribution is -2.37. The van der Waals surface area contributed by atoms with Gasteiger partial charge in [0.05, 0.1) is 10.8 Å². The molecule has 6 aromatic rings. The van der Waals surface area contributed by atoms with Gasteiger partial charge in [-0.2, -0.15) is 0 Å². The maximum absolute atomic E-state index is 14.0. The van der Waals surface area contributed by atoms with E-state index in [-0.39, 0.29) is 23.0 Å². The van der Waals surface area contributed by atoms with E-state index in [4.69, 9.17) is 10.2 Å². The van der Waals surface area contributed by atoms with Crippen LogP contribution >= 0.6 is 0 Å². The Morgan fingerprint density at radius 1 is 0.519 bits per heavy atom. The second-order valence-electron chi connectivity index (χ2n) is 15.0. The quantitative estimate of drug-likeness (QED) is 0.224. The zero-order valence-corrected chi connectivity index (χ0v) is 31.2. The third-order valence-electron chi connectivity index (χ3n) is 12.1. The summed E-state index contributed by atoms with van der Waals surface area (Å²) < 4.78 is 9.94. The smallest absolute Gasteiger partial charge is 0.328 e. The van der Waals surface area contributed by atoms with Gasteiger partial charge in [0.1, 0.15) is 0 Å². The normalized spacial score (nSPS) is 18.0. The van der Waals surface area contributed by atoms with E-state index in [0.29, 0.717) is 22.1 Å². The Hall–Kier alpha value is -4.88. The molecular formula is C38H48N10O4. The minimum absolute atomic E-state index is 0.114. The Balaban J connectivity index is 1.47. The van der Waals surface area contributed by atoms with Crippen molar-refractivity contribution in [3.05, 3.63) is 64.2 Å². The van der Waals surface area contributed by atoms with Crippen LogP contribution in [0.25, 0.3) is 44.1 Å². The molecule has 6 aromatic heterocycles. The van der Waals surface area contributed by atoms with Gasteiger partial charge in [-0.3, -0.25) is 27.9 Å². The highest BCUT2D eigenvalue weighted by Gasteiger charge is 2.39. The minimum Gasteiger partial charge on any atom is -0.328 e. The molecule has 52 heavy (non-hydrogen) atoms. The van der Waals surface area contributed by atoms with Crippen LogP contribution in [0.3, 0.4) is 0 Å². The van der Waals surface area contributed by atoms with Crippen molar-refractivity contribution >= 4 is 44.1 Å². The monoisotopic (exact) mass is 708 g/mol. The molecular weight excluding hydrogens is 660 g/mol. The van der Waals surface area contributed by atoms with Crippen LogP contribution in [0.2, 0.25) is 0 Å². The van der Waals surface area contributed by atoms with Crippen LogP contribution in [0.15, 0.2) is 19.2 Å². The van der Waals surface area contributed by atoms with E-state index in [9.17, 15) is 19.2 Å². The lowest BCUT2D eigenvalue weighted by Gasteiger charge is -2.30. The van der Waals surface area contributed by atoms with Gasteiger partial charge in [-0.05, 0) is 62.5 Å². The molecule has 0 radical (unpaired) electrons. The molecule has 0 amide bonds. The molecule has 0 aromatic carbocycles. The summed E-state index contributed by atoms with van der Waals surface area (Å²) in [5.74, 6) is 0.228. The fourth-order valence-electron chi connectivity index (χ4n) is 9.44. The second-order valence-corrected chi connectivity index (χ2v) is 15.0. The summed E-state index contributed by atoms with van der Waals surface area (Å²) in [5.41, 5.74) is 5.32. The lowest BCUT2D eigenvalue weighted by molar-refractivity contribution is 0.419. The SMILES string of the molecule is CCCCn1c2c(c3c4c(=O)n(C)c(=O)n(C)c4nnc31)CCCCC2C1CCCCc2c1n(CCCC)c1nnc3c(c(=O)n(C)c(=O)n3C)c21. The Labute approximate surface area is 299 Å². The summed E-state index contributed by atoms with van der Waals surface area (Å²) in [6, 6.07) is 0. The van der Waals surface area contributed by atoms with E-state index >= 15 is 0 Å². The molecule has 0 spiro atoms. The van der Waals surface area contributed by atoms with E-state index in [1.807, 2.05) is 0 Å². The molecule has 0 N–H and O–H groups in total. The van der Waals surface area contributed by atoms with Gasteiger partial charge in [-0.15, -0.1) is 20.4 Å². The van der Waals surface area contributed by atoms with E-state index in [2.05, 4.69) is 33.2 Å². The Morgan fingerprint density at radius 2 is 0.904 bits per heavy atom. The van der Waals surface area contributed by atoms with Crippen molar-refractivity contribution in [2.24, 2.45) is 28.2 Å². The Kier molecular flexibility index (Phi) is 8.53. The van der Waals surface area contributed by atoms with Crippen molar-refractivity contribution in [2.45, 2.75) is 116 Å². The topological polar surface area (TPSA) is 149 Å². The number of nitrogens with zero attached hydrogens (tertiary/aromatic N) is 10. The molecule has 274 valence electrons. The average molecular weight is 709 g/mol. The fraction of sp³-hybridized carbons (Fsp3) is 0.579. The first-order valence-electron chi connectivity index (χ1n) is 19.1. The van der Waals surface area contributed by atoms with E-state index in [1.165, 1.54) is 43.8 Å². The number of aromatic nitrogens is 10. The number of fused-ring (bicyclic) bond motifs is 10. The standard InChI is InChI=1S/C38H48N10O4/c1-7-9-19-47-29-21(15-11-13-17-23(29)25-27-31(39-41-33(25)47)43(3)37(51)45(5)35(27)49)22-16-12-14-18-24-26-28-32(44(4)38(52)46(6)36(28)50)40-42-34(26)48(30(22)24)20-10-8-2/h21-22H,7-20H2,1-6H3. The van der Waals surface area contributed by atoms with Crippen LogP contribution in [0.1, 0.15) is 112 Å². The number of rotatable bonds is 7. The molecule has 14 nitrogen and oxygen atoms in total. The molecule has 0 saturated heterocycles. The zero-order chi connectivity index (χ0) is 36.6. The molecule has 6 heterocycles. The van der Waals surface area contributed by atoms with Gasteiger partial charge >= 0.3 is 11.4 Å². The van der Waals surface area contributed by atoms with Gasteiger partial charge in [0, 0.05) is 75.3 Å². The van der Waals surface area contributed by atoms with Gasteiger partial charge in [0.2, 0.25) is 0 Å². The van der Waals surface area contributed by atoms with Crippen molar-refractivity contribution in [3.8, 4) is 0 Å². The molecule has 0 saturated carbocycles. The van der Waals surface area contributed by atoms with Crippen molar-refractivity contribution in [2.75, 3.05) is 0 Å². The lowest BCUT2D eigenvalue weighted by atomic mass is 9.79. The summed E-state index contributed by atoms with van der Waals surface area (Å²) >= 11 is 0.